The van der Waals surface area contributed by atoms with Crippen LogP contribution in [0.5, 0.6) is 0 Å². The van der Waals surface area contributed by atoms with Crippen molar-refractivity contribution >= 4 is 17.6 Å². The van der Waals surface area contributed by atoms with E-state index in [4.69, 9.17) is 0 Å². The zero-order valence-electron chi connectivity index (χ0n) is 13.6. The lowest BCUT2D eigenvalue weighted by atomic mass is 9.99. The quantitative estimate of drug-likeness (QED) is 0.456. The highest BCUT2D eigenvalue weighted by molar-refractivity contribution is 5.89. The van der Waals surface area contributed by atoms with Crippen molar-refractivity contribution in [1.29, 1.82) is 0 Å². The Morgan fingerprint density at radius 1 is 1.38 bits per heavy atom. The van der Waals surface area contributed by atoms with Crippen molar-refractivity contribution in [3.63, 3.8) is 0 Å². The van der Waals surface area contributed by atoms with E-state index in [0.29, 0.717) is 19.0 Å². The van der Waals surface area contributed by atoms with Crippen LogP contribution in [0.3, 0.4) is 0 Å². The SMILES string of the molecule is COC(=O)c1cc([N+](=O)[O-])cn(CC(=O)N2CCC(C)CC2)c1=O. The number of aromatic nitrogens is 1. The van der Waals surface area contributed by atoms with Crippen molar-refractivity contribution in [2.75, 3.05) is 20.2 Å². The van der Waals surface area contributed by atoms with Crippen LogP contribution in [0.1, 0.15) is 30.1 Å². The molecular weight excluding hydrogens is 318 g/mol. The molecule has 0 bridgehead atoms. The van der Waals surface area contributed by atoms with Gasteiger partial charge in [0.1, 0.15) is 12.1 Å². The summed E-state index contributed by atoms with van der Waals surface area (Å²) in [4.78, 5) is 48.1. The Kier molecular flexibility index (Phi) is 5.32. The first-order valence-electron chi connectivity index (χ1n) is 7.58. The van der Waals surface area contributed by atoms with Crippen LogP contribution in [0.2, 0.25) is 0 Å². The lowest BCUT2D eigenvalue weighted by molar-refractivity contribution is -0.385. The number of carbonyl (C=O) groups excluding carboxylic acids is 2. The fraction of sp³-hybridized carbons (Fsp3) is 0.533. The van der Waals surface area contributed by atoms with Gasteiger partial charge in [0.2, 0.25) is 5.91 Å². The Hall–Kier alpha value is -2.71. The van der Waals surface area contributed by atoms with E-state index in [1.807, 2.05) is 0 Å². The molecule has 1 aliphatic heterocycles. The molecule has 130 valence electrons. The molecule has 1 saturated heterocycles. The van der Waals surface area contributed by atoms with Crippen LogP contribution in [0.4, 0.5) is 5.69 Å². The Bertz CT molecular complexity index is 718. The highest BCUT2D eigenvalue weighted by Crippen LogP contribution is 2.17. The number of ether oxygens (including phenoxy) is 1. The predicted octanol–water partition coefficient (Wildman–Crippen LogP) is 0.802. The smallest absolute Gasteiger partial charge is 0.343 e. The molecule has 0 saturated carbocycles. The molecule has 2 heterocycles. The van der Waals surface area contributed by atoms with Gasteiger partial charge < -0.3 is 9.64 Å². The normalized spacial score (nSPS) is 15.2. The van der Waals surface area contributed by atoms with E-state index < -0.39 is 27.7 Å². The van der Waals surface area contributed by atoms with Crippen LogP contribution in [-0.2, 0) is 16.1 Å². The van der Waals surface area contributed by atoms with Gasteiger partial charge in [-0.3, -0.25) is 24.3 Å². The Morgan fingerprint density at radius 3 is 2.54 bits per heavy atom. The number of esters is 1. The molecule has 0 atom stereocenters. The molecule has 0 spiro atoms. The van der Waals surface area contributed by atoms with Crippen molar-refractivity contribution in [1.82, 2.24) is 9.47 Å². The van der Waals surface area contributed by atoms with Crippen LogP contribution < -0.4 is 5.56 Å². The van der Waals surface area contributed by atoms with E-state index in [1.165, 1.54) is 0 Å². The molecule has 0 N–H and O–H groups in total. The molecule has 1 aromatic rings. The third kappa shape index (κ3) is 3.79. The number of amides is 1. The van der Waals surface area contributed by atoms with Crippen LogP contribution in [0.25, 0.3) is 0 Å². The average Bonchev–Trinajstić information content (AvgIpc) is 2.56. The van der Waals surface area contributed by atoms with Crippen LogP contribution in [-0.4, -0.2) is 46.5 Å². The minimum absolute atomic E-state index is 0.305. The topological polar surface area (TPSA) is 112 Å². The summed E-state index contributed by atoms with van der Waals surface area (Å²) in [5.74, 6) is -0.738. The minimum Gasteiger partial charge on any atom is -0.465 e. The second-order valence-electron chi connectivity index (χ2n) is 5.86. The van der Waals surface area contributed by atoms with Gasteiger partial charge in [-0.25, -0.2) is 4.79 Å². The van der Waals surface area contributed by atoms with Gasteiger partial charge >= 0.3 is 5.97 Å². The number of likely N-dealkylation sites (tertiary alicyclic amines) is 1. The average molecular weight is 337 g/mol. The fourth-order valence-electron chi connectivity index (χ4n) is 2.60. The van der Waals surface area contributed by atoms with Crippen LogP contribution >= 0.6 is 0 Å². The van der Waals surface area contributed by atoms with Crippen LogP contribution in [0, 0.1) is 16.0 Å². The lowest BCUT2D eigenvalue weighted by Gasteiger charge is -2.30. The molecule has 9 nitrogen and oxygen atoms in total. The minimum atomic E-state index is -0.975. The van der Waals surface area contributed by atoms with E-state index >= 15 is 0 Å². The molecule has 24 heavy (non-hydrogen) atoms. The summed E-state index contributed by atoms with van der Waals surface area (Å²) < 4.78 is 5.36. The van der Waals surface area contributed by atoms with Crippen molar-refractivity contribution in [3.05, 3.63) is 38.3 Å². The summed E-state index contributed by atoms with van der Waals surface area (Å²) in [5.41, 5.74) is -1.70. The van der Waals surface area contributed by atoms with Crippen LogP contribution in [0.15, 0.2) is 17.1 Å². The van der Waals surface area contributed by atoms with Gasteiger partial charge in [0, 0.05) is 19.2 Å². The highest BCUT2D eigenvalue weighted by Gasteiger charge is 2.24. The lowest BCUT2D eigenvalue weighted by Crippen LogP contribution is -2.41. The van der Waals surface area contributed by atoms with Crippen molar-refractivity contribution in [2.45, 2.75) is 26.3 Å². The standard InChI is InChI=1S/C15H19N3O6/c1-10-3-5-16(6-4-10)13(19)9-17-8-11(18(22)23)7-12(14(17)20)15(21)24-2/h7-8,10H,3-6,9H2,1-2H3. The van der Waals surface area contributed by atoms with Gasteiger partial charge in [-0.2, -0.15) is 0 Å². The van der Waals surface area contributed by atoms with Gasteiger partial charge in [-0.15, -0.1) is 0 Å². The Morgan fingerprint density at radius 2 is 2.00 bits per heavy atom. The van der Waals surface area contributed by atoms with Crippen molar-refractivity contribution in [2.24, 2.45) is 5.92 Å². The number of pyridine rings is 1. The molecule has 0 aliphatic carbocycles. The van der Waals surface area contributed by atoms with E-state index in [0.717, 1.165) is 36.8 Å². The molecule has 1 amide bonds. The summed E-state index contributed by atoms with van der Waals surface area (Å²) in [6.07, 6.45) is 2.73. The number of hydrogen-bond donors (Lipinski definition) is 0. The molecule has 0 unspecified atom stereocenters. The molecule has 1 fully saturated rings. The summed E-state index contributed by atoms with van der Waals surface area (Å²) in [6, 6.07) is 0.859. The number of methoxy groups -OCH3 is 1. The first-order chi connectivity index (χ1) is 11.3. The Balaban J connectivity index is 2.30. The van der Waals surface area contributed by atoms with E-state index in [-0.39, 0.29) is 12.5 Å². The molecule has 9 heteroatoms. The maximum Gasteiger partial charge on any atom is 0.343 e. The summed E-state index contributed by atoms with van der Waals surface area (Å²) in [6.45, 7) is 2.94. The monoisotopic (exact) mass is 337 g/mol. The third-order valence-corrected chi connectivity index (χ3v) is 4.13. The number of nitrogens with zero attached hydrogens (tertiary/aromatic N) is 3. The molecule has 0 aromatic carbocycles. The van der Waals surface area contributed by atoms with Gasteiger partial charge in [0.15, 0.2) is 0 Å². The predicted molar refractivity (Wildman–Crippen MR) is 83.7 cm³/mol. The molecule has 1 aromatic heterocycles. The first-order valence-corrected chi connectivity index (χ1v) is 7.58. The zero-order valence-corrected chi connectivity index (χ0v) is 13.6. The maximum atomic E-state index is 12.3. The molecule has 2 rings (SSSR count). The number of rotatable bonds is 4. The first kappa shape index (κ1) is 17.6. The number of carbonyl (C=O) groups is 2. The fourth-order valence-corrected chi connectivity index (χ4v) is 2.60. The van der Waals surface area contributed by atoms with Gasteiger partial charge in [0.25, 0.3) is 11.2 Å². The van der Waals surface area contributed by atoms with E-state index in [9.17, 15) is 24.5 Å². The summed E-state index contributed by atoms with van der Waals surface area (Å²) >= 11 is 0. The molecule has 1 aliphatic rings. The van der Waals surface area contributed by atoms with E-state index in [1.54, 1.807) is 4.90 Å². The number of piperidine rings is 1. The van der Waals surface area contributed by atoms with Crippen molar-refractivity contribution < 1.29 is 19.2 Å². The number of nitro groups is 1. The largest absolute Gasteiger partial charge is 0.465 e. The zero-order chi connectivity index (χ0) is 17.9. The molecule has 0 radical (unpaired) electrons. The van der Waals surface area contributed by atoms with Gasteiger partial charge in [-0.05, 0) is 18.8 Å². The van der Waals surface area contributed by atoms with Gasteiger partial charge in [-0.1, -0.05) is 6.92 Å². The van der Waals surface area contributed by atoms with Gasteiger partial charge in [0.05, 0.1) is 18.2 Å². The van der Waals surface area contributed by atoms with E-state index in [2.05, 4.69) is 11.7 Å². The second kappa shape index (κ2) is 7.24. The Labute approximate surface area is 138 Å². The van der Waals surface area contributed by atoms with Crippen molar-refractivity contribution in [3.8, 4) is 0 Å². The highest BCUT2D eigenvalue weighted by atomic mass is 16.6. The maximum absolute atomic E-state index is 12.3. The molecular formula is C15H19N3O6. The second-order valence-corrected chi connectivity index (χ2v) is 5.86. The summed E-state index contributed by atoms with van der Waals surface area (Å²) in [5, 5.41) is 11.0. The third-order valence-electron chi connectivity index (χ3n) is 4.13. The summed E-state index contributed by atoms with van der Waals surface area (Å²) in [7, 11) is 1.07. The number of hydrogen-bond acceptors (Lipinski definition) is 6.